The molecule has 3 aromatic carbocycles. The Balaban J connectivity index is 1.33. The van der Waals surface area contributed by atoms with Crippen LogP contribution in [-0.2, 0) is 11.3 Å². The van der Waals surface area contributed by atoms with Crippen molar-refractivity contribution in [1.29, 1.82) is 0 Å². The molecule has 0 aliphatic carbocycles. The second-order valence-electron chi connectivity index (χ2n) is 8.56. The first-order chi connectivity index (χ1) is 17.1. The monoisotopic (exact) mass is 486 g/mol. The van der Waals surface area contributed by atoms with Gasteiger partial charge in [-0.2, -0.15) is 0 Å². The van der Waals surface area contributed by atoms with Gasteiger partial charge in [0.15, 0.2) is 22.5 Å². The van der Waals surface area contributed by atoms with E-state index in [2.05, 4.69) is 29.4 Å². The first-order valence-electron chi connectivity index (χ1n) is 11.5. The van der Waals surface area contributed by atoms with Crippen molar-refractivity contribution in [3.63, 3.8) is 0 Å². The Bertz CT molecular complexity index is 1320. The molecule has 0 spiro atoms. The summed E-state index contributed by atoms with van der Waals surface area (Å²) in [6.45, 7) is 5.06. The highest BCUT2D eigenvalue weighted by Crippen LogP contribution is 2.33. The van der Waals surface area contributed by atoms with Gasteiger partial charge in [-0.3, -0.25) is 9.36 Å². The summed E-state index contributed by atoms with van der Waals surface area (Å²) >= 11 is 1.36. The average Bonchev–Trinajstić information content (AvgIpc) is 3.50. The largest absolute Gasteiger partial charge is 0.454 e. The van der Waals surface area contributed by atoms with Crippen molar-refractivity contribution >= 4 is 23.4 Å². The van der Waals surface area contributed by atoms with Gasteiger partial charge in [-0.15, -0.1) is 10.2 Å². The summed E-state index contributed by atoms with van der Waals surface area (Å²) in [7, 11) is 0. The molecular formula is C27H26N4O3S. The highest BCUT2D eigenvalue weighted by Gasteiger charge is 2.18. The topological polar surface area (TPSA) is 78.3 Å². The number of hydrogen-bond donors (Lipinski definition) is 1. The summed E-state index contributed by atoms with van der Waals surface area (Å²) in [6, 6.07) is 23.8. The molecular weight excluding hydrogens is 460 g/mol. The normalized spacial score (nSPS) is 12.2. The Hall–Kier alpha value is -3.78. The van der Waals surface area contributed by atoms with Crippen LogP contribution in [0.1, 0.15) is 30.9 Å². The van der Waals surface area contributed by atoms with Crippen molar-refractivity contribution in [2.75, 3.05) is 17.9 Å². The summed E-state index contributed by atoms with van der Waals surface area (Å²) in [5.41, 5.74) is 4.01. The third-order valence-corrected chi connectivity index (χ3v) is 6.69. The van der Waals surface area contributed by atoms with Crippen LogP contribution in [0.5, 0.6) is 11.5 Å². The van der Waals surface area contributed by atoms with Crippen LogP contribution in [0.15, 0.2) is 78.0 Å². The number of fused-ring (bicyclic) bond motifs is 1. The van der Waals surface area contributed by atoms with Crippen LogP contribution in [0.25, 0.3) is 11.4 Å². The minimum absolute atomic E-state index is 0.0915. The minimum atomic E-state index is -0.0915. The molecule has 0 saturated heterocycles. The fraction of sp³-hybridized carbons (Fsp3) is 0.222. The van der Waals surface area contributed by atoms with Crippen LogP contribution in [0.3, 0.4) is 0 Å². The van der Waals surface area contributed by atoms with E-state index in [4.69, 9.17) is 9.47 Å². The molecule has 4 aromatic rings. The Kier molecular flexibility index (Phi) is 6.72. The molecule has 178 valence electrons. The number of nitrogens with one attached hydrogen (secondary N) is 1. The number of rotatable bonds is 8. The zero-order valence-electron chi connectivity index (χ0n) is 19.6. The van der Waals surface area contributed by atoms with Crippen LogP contribution in [0, 0.1) is 0 Å². The number of carbonyl (C=O) groups excluding carboxylic acids is 1. The lowest BCUT2D eigenvalue weighted by Gasteiger charge is -2.11. The van der Waals surface area contributed by atoms with E-state index >= 15 is 0 Å². The van der Waals surface area contributed by atoms with Crippen LogP contribution in [-0.4, -0.2) is 33.2 Å². The molecule has 8 heteroatoms. The molecule has 5 rings (SSSR count). The van der Waals surface area contributed by atoms with Crippen LogP contribution >= 0.6 is 11.8 Å². The molecule has 1 amide bonds. The van der Waals surface area contributed by atoms with Gasteiger partial charge in [0.25, 0.3) is 0 Å². The van der Waals surface area contributed by atoms with Crippen molar-refractivity contribution in [3.8, 4) is 22.9 Å². The predicted molar refractivity (Wildman–Crippen MR) is 137 cm³/mol. The Labute approximate surface area is 208 Å². The number of thioether (sulfide) groups is 1. The second kappa shape index (κ2) is 10.2. The number of hydrogen-bond acceptors (Lipinski definition) is 6. The average molecular weight is 487 g/mol. The maximum absolute atomic E-state index is 12.7. The van der Waals surface area contributed by atoms with Gasteiger partial charge >= 0.3 is 0 Å². The minimum Gasteiger partial charge on any atom is -0.454 e. The van der Waals surface area contributed by atoms with Gasteiger partial charge in [0.1, 0.15) is 0 Å². The maximum atomic E-state index is 12.7. The molecule has 1 aromatic heterocycles. The van der Waals surface area contributed by atoms with Crippen molar-refractivity contribution in [2.24, 2.45) is 0 Å². The van der Waals surface area contributed by atoms with E-state index in [-0.39, 0.29) is 18.5 Å². The van der Waals surface area contributed by atoms with Gasteiger partial charge in [-0.1, -0.05) is 74.1 Å². The molecule has 0 atom stereocenters. The van der Waals surface area contributed by atoms with Gasteiger partial charge < -0.3 is 14.8 Å². The summed E-state index contributed by atoms with van der Waals surface area (Å²) in [5.74, 6) is 2.80. The summed E-state index contributed by atoms with van der Waals surface area (Å²) in [6.07, 6.45) is 0. The summed E-state index contributed by atoms with van der Waals surface area (Å²) in [5, 5.41) is 12.5. The zero-order valence-corrected chi connectivity index (χ0v) is 20.4. The molecule has 0 bridgehead atoms. The molecule has 2 heterocycles. The summed E-state index contributed by atoms with van der Waals surface area (Å²) < 4.78 is 13.0. The lowest BCUT2D eigenvalue weighted by atomic mass is 10.0. The number of ether oxygens (including phenoxy) is 2. The van der Waals surface area contributed by atoms with E-state index < -0.39 is 0 Å². The van der Waals surface area contributed by atoms with Gasteiger partial charge in [0, 0.05) is 11.3 Å². The Morgan fingerprint density at radius 1 is 1.00 bits per heavy atom. The van der Waals surface area contributed by atoms with Crippen molar-refractivity contribution in [1.82, 2.24) is 14.8 Å². The summed E-state index contributed by atoms with van der Waals surface area (Å²) in [4.78, 5) is 12.7. The molecule has 0 fully saturated rings. The second-order valence-corrected chi connectivity index (χ2v) is 9.50. The number of nitrogens with zero attached hydrogens (tertiary/aromatic N) is 3. The standard InChI is InChI=1S/C27H26N4O3S/c1-18(2)20-9-11-22(12-10-20)28-25(32)16-35-27-30-29-26(21-6-4-3-5-7-21)31(27)15-19-8-13-23-24(14-19)34-17-33-23/h3-14,18H,15-17H2,1-2H3,(H,28,32). The number of anilines is 1. The SMILES string of the molecule is CC(C)c1ccc(NC(=O)CSc2nnc(-c3ccccc3)n2Cc2ccc3c(c2)OCO3)cc1. The van der Waals surface area contributed by atoms with Crippen molar-refractivity contribution < 1.29 is 14.3 Å². The molecule has 1 N–H and O–H groups in total. The number of aromatic nitrogens is 3. The van der Waals surface area contributed by atoms with Gasteiger partial charge in [0.05, 0.1) is 12.3 Å². The van der Waals surface area contributed by atoms with E-state index in [9.17, 15) is 4.79 Å². The van der Waals surface area contributed by atoms with Gasteiger partial charge in [0.2, 0.25) is 12.7 Å². The van der Waals surface area contributed by atoms with E-state index in [1.165, 1.54) is 17.3 Å². The fourth-order valence-corrected chi connectivity index (χ4v) is 4.58. The first-order valence-corrected chi connectivity index (χ1v) is 12.4. The lowest BCUT2D eigenvalue weighted by Crippen LogP contribution is -2.15. The van der Waals surface area contributed by atoms with Gasteiger partial charge in [-0.05, 0) is 41.3 Å². The zero-order chi connectivity index (χ0) is 24.2. The highest BCUT2D eigenvalue weighted by molar-refractivity contribution is 7.99. The molecule has 1 aliphatic heterocycles. The smallest absolute Gasteiger partial charge is 0.234 e. The van der Waals surface area contributed by atoms with E-state index in [0.29, 0.717) is 17.6 Å². The van der Waals surface area contributed by atoms with E-state index in [1.54, 1.807) is 0 Å². The Morgan fingerprint density at radius 3 is 2.54 bits per heavy atom. The molecule has 7 nitrogen and oxygen atoms in total. The maximum Gasteiger partial charge on any atom is 0.234 e. The third-order valence-electron chi connectivity index (χ3n) is 5.72. The van der Waals surface area contributed by atoms with Gasteiger partial charge in [-0.25, -0.2) is 0 Å². The third kappa shape index (κ3) is 5.33. The number of carbonyl (C=O) groups is 1. The number of benzene rings is 3. The van der Waals surface area contributed by atoms with E-state index in [0.717, 1.165) is 34.1 Å². The predicted octanol–water partition coefficient (Wildman–Crippen LogP) is 5.58. The number of amides is 1. The highest BCUT2D eigenvalue weighted by atomic mass is 32.2. The van der Waals surface area contributed by atoms with Crippen LogP contribution < -0.4 is 14.8 Å². The molecule has 0 radical (unpaired) electrons. The molecule has 1 aliphatic rings. The van der Waals surface area contributed by atoms with E-state index in [1.807, 2.05) is 77.4 Å². The molecule has 35 heavy (non-hydrogen) atoms. The van der Waals surface area contributed by atoms with Crippen molar-refractivity contribution in [3.05, 3.63) is 83.9 Å². The molecule has 0 saturated carbocycles. The molecule has 0 unspecified atom stereocenters. The quantitative estimate of drug-likeness (QED) is 0.328. The fourth-order valence-electron chi connectivity index (χ4n) is 3.84. The van der Waals surface area contributed by atoms with Crippen molar-refractivity contribution in [2.45, 2.75) is 31.5 Å². The Morgan fingerprint density at radius 2 is 1.77 bits per heavy atom. The lowest BCUT2D eigenvalue weighted by molar-refractivity contribution is -0.113. The van der Waals surface area contributed by atoms with Crippen LogP contribution in [0.4, 0.5) is 5.69 Å². The first kappa shape index (κ1) is 23.0. The van der Waals surface area contributed by atoms with Crippen LogP contribution in [0.2, 0.25) is 0 Å².